The number of carboxylic acids is 1. The summed E-state index contributed by atoms with van der Waals surface area (Å²) in [6.45, 7) is 2.86. The zero-order chi connectivity index (χ0) is 23.5. The Bertz CT molecular complexity index is 1440. The van der Waals surface area contributed by atoms with Crippen LogP contribution in [0, 0.1) is 0 Å². The second kappa shape index (κ2) is 9.14. The molecular formula is C25H22N6O3. The Morgan fingerprint density at radius 2 is 1.82 bits per heavy atom. The molecule has 5 aromatic rings. The van der Waals surface area contributed by atoms with Crippen LogP contribution in [0.3, 0.4) is 0 Å². The maximum Gasteiger partial charge on any atom is 0.307 e. The van der Waals surface area contributed by atoms with Gasteiger partial charge in [-0.2, -0.15) is 10.2 Å². The molecule has 2 heterocycles. The number of tetrazole rings is 1. The highest BCUT2D eigenvalue weighted by molar-refractivity contribution is 5.85. The van der Waals surface area contributed by atoms with Gasteiger partial charge < -0.3 is 9.84 Å². The van der Waals surface area contributed by atoms with E-state index in [1.165, 1.54) is 0 Å². The minimum Gasteiger partial charge on any atom is -0.481 e. The highest BCUT2D eigenvalue weighted by Gasteiger charge is 2.17. The lowest BCUT2D eigenvalue weighted by molar-refractivity contribution is -0.136. The lowest BCUT2D eigenvalue weighted by atomic mass is 9.98. The summed E-state index contributed by atoms with van der Waals surface area (Å²) in [6.07, 6.45) is -0.0829. The van der Waals surface area contributed by atoms with Crippen LogP contribution in [0.15, 0.2) is 66.7 Å². The molecule has 5 rings (SSSR count). The number of carboxylic acid groups (broad SMARTS) is 1. The third-order valence-electron chi connectivity index (χ3n) is 5.55. The van der Waals surface area contributed by atoms with Crippen LogP contribution >= 0.6 is 0 Å². The number of aromatic amines is 1. The third kappa shape index (κ3) is 4.11. The molecule has 0 unspecified atom stereocenters. The van der Waals surface area contributed by atoms with Gasteiger partial charge in [-0.1, -0.05) is 60.7 Å². The summed E-state index contributed by atoms with van der Waals surface area (Å²) in [7, 11) is 0. The molecule has 9 heteroatoms. The maximum absolute atomic E-state index is 11.4. The molecule has 3 aromatic carbocycles. The van der Waals surface area contributed by atoms with Crippen molar-refractivity contribution in [3.05, 3.63) is 77.9 Å². The van der Waals surface area contributed by atoms with Gasteiger partial charge in [0.15, 0.2) is 0 Å². The lowest BCUT2D eigenvalue weighted by Crippen LogP contribution is -2.08. The topological polar surface area (TPSA) is 119 Å². The number of ether oxygens (including phenoxy) is 1. The zero-order valence-corrected chi connectivity index (χ0v) is 18.5. The Kier molecular flexibility index (Phi) is 5.73. The SMILES string of the molecule is CCOc1nc2cccc(CC(=O)O)c2n1Cc1ccc(-c2ccccc2-c2nn[nH]n2)cc1. The molecule has 0 aliphatic heterocycles. The molecule has 0 bridgehead atoms. The van der Waals surface area contributed by atoms with Crippen LogP contribution in [0.4, 0.5) is 0 Å². The molecule has 2 aromatic heterocycles. The normalized spacial score (nSPS) is 11.1. The highest BCUT2D eigenvalue weighted by atomic mass is 16.5. The molecule has 0 saturated heterocycles. The number of nitrogens with one attached hydrogen (secondary N) is 1. The highest BCUT2D eigenvalue weighted by Crippen LogP contribution is 2.31. The Morgan fingerprint density at radius 3 is 2.53 bits per heavy atom. The molecule has 9 nitrogen and oxygen atoms in total. The van der Waals surface area contributed by atoms with Crippen molar-refractivity contribution in [3.63, 3.8) is 0 Å². The first-order valence-electron chi connectivity index (χ1n) is 10.9. The number of hydrogen-bond acceptors (Lipinski definition) is 6. The molecule has 0 atom stereocenters. The predicted octanol–water partition coefficient (Wildman–Crippen LogP) is 3.96. The number of fused-ring (bicyclic) bond motifs is 1. The number of hydrogen-bond donors (Lipinski definition) is 2. The molecule has 0 saturated carbocycles. The molecule has 0 aliphatic rings. The van der Waals surface area contributed by atoms with Crippen LogP contribution in [0.2, 0.25) is 0 Å². The summed E-state index contributed by atoms with van der Waals surface area (Å²) in [6, 6.07) is 22.1. The smallest absolute Gasteiger partial charge is 0.307 e. The molecule has 0 fully saturated rings. The minimum atomic E-state index is -0.886. The Labute approximate surface area is 195 Å². The number of aromatic nitrogens is 6. The van der Waals surface area contributed by atoms with Crippen molar-refractivity contribution in [1.29, 1.82) is 0 Å². The van der Waals surface area contributed by atoms with E-state index in [2.05, 4.69) is 25.6 Å². The molecule has 2 N–H and O–H groups in total. The predicted molar refractivity (Wildman–Crippen MR) is 126 cm³/mol. The van der Waals surface area contributed by atoms with Crippen molar-refractivity contribution >= 4 is 17.0 Å². The molecule has 0 aliphatic carbocycles. The van der Waals surface area contributed by atoms with Crippen molar-refractivity contribution in [2.24, 2.45) is 0 Å². The summed E-state index contributed by atoms with van der Waals surface area (Å²) in [5.74, 6) is -0.347. The number of imidazole rings is 1. The third-order valence-corrected chi connectivity index (χ3v) is 5.55. The number of para-hydroxylation sites is 1. The quantitative estimate of drug-likeness (QED) is 0.364. The maximum atomic E-state index is 11.4. The number of carbonyl (C=O) groups is 1. The summed E-state index contributed by atoms with van der Waals surface area (Å²) in [5.41, 5.74) is 6.15. The molecule has 0 amide bonds. The summed E-state index contributed by atoms with van der Waals surface area (Å²) >= 11 is 0. The molecule has 0 radical (unpaired) electrons. The summed E-state index contributed by atoms with van der Waals surface area (Å²) in [5, 5.41) is 23.8. The zero-order valence-electron chi connectivity index (χ0n) is 18.5. The van der Waals surface area contributed by atoms with Crippen molar-refractivity contribution in [1.82, 2.24) is 30.2 Å². The number of rotatable bonds is 8. The van der Waals surface area contributed by atoms with E-state index in [9.17, 15) is 9.90 Å². The fourth-order valence-electron chi connectivity index (χ4n) is 4.11. The Balaban J connectivity index is 1.51. The Morgan fingerprint density at radius 1 is 1.03 bits per heavy atom. The molecule has 34 heavy (non-hydrogen) atoms. The van der Waals surface area contributed by atoms with Crippen LogP contribution in [0.25, 0.3) is 33.5 Å². The van der Waals surface area contributed by atoms with Crippen molar-refractivity contribution in [3.8, 4) is 28.5 Å². The van der Waals surface area contributed by atoms with Gasteiger partial charge in [-0.3, -0.25) is 9.36 Å². The van der Waals surface area contributed by atoms with Gasteiger partial charge in [0.2, 0.25) is 5.82 Å². The first-order chi connectivity index (χ1) is 16.6. The average Bonchev–Trinajstić information content (AvgIpc) is 3.49. The first kappa shape index (κ1) is 21.3. The van der Waals surface area contributed by atoms with Crippen molar-refractivity contribution in [2.45, 2.75) is 19.9 Å². The van der Waals surface area contributed by atoms with E-state index in [1.807, 2.05) is 78.2 Å². The van der Waals surface area contributed by atoms with Gasteiger partial charge in [-0.05, 0) is 40.5 Å². The monoisotopic (exact) mass is 454 g/mol. The average molecular weight is 454 g/mol. The fraction of sp³-hybridized carbons (Fsp3) is 0.160. The van der Waals surface area contributed by atoms with E-state index in [4.69, 9.17) is 4.74 Å². The van der Waals surface area contributed by atoms with Crippen LogP contribution in [0.1, 0.15) is 18.1 Å². The van der Waals surface area contributed by atoms with Gasteiger partial charge in [0.25, 0.3) is 6.01 Å². The number of nitrogens with zero attached hydrogens (tertiary/aromatic N) is 5. The number of H-pyrrole nitrogens is 1. The summed E-state index contributed by atoms with van der Waals surface area (Å²) < 4.78 is 7.73. The van der Waals surface area contributed by atoms with E-state index in [1.54, 1.807) is 0 Å². The first-order valence-corrected chi connectivity index (χ1v) is 10.9. The van der Waals surface area contributed by atoms with Crippen LogP contribution in [-0.2, 0) is 17.8 Å². The summed E-state index contributed by atoms with van der Waals surface area (Å²) in [4.78, 5) is 16.0. The fourth-order valence-corrected chi connectivity index (χ4v) is 4.11. The van der Waals surface area contributed by atoms with E-state index >= 15 is 0 Å². The minimum absolute atomic E-state index is 0.0829. The number of benzene rings is 3. The second-order valence-electron chi connectivity index (χ2n) is 7.75. The van der Waals surface area contributed by atoms with E-state index in [-0.39, 0.29) is 6.42 Å². The van der Waals surface area contributed by atoms with Crippen LogP contribution < -0.4 is 4.74 Å². The van der Waals surface area contributed by atoms with Crippen molar-refractivity contribution < 1.29 is 14.6 Å². The molecule has 170 valence electrons. The van der Waals surface area contributed by atoms with Gasteiger partial charge in [-0.15, -0.1) is 10.2 Å². The van der Waals surface area contributed by atoms with Gasteiger partial charge in [0.1, 0.15) is 0 Å². The Hall–Kier alpha value is -4.53. The van der Waals surface area contributed by atoms with Crippen molar-refractivity contribution in [2.75, 3.05) is 6.61 Å². The van der Waals surface area contributed by atoms with E-state index < -0.39 is 5.97 Å². The van der Waals surface area contributed by atoms with E-state index in [0.29, 0.717) is 36.1 Å². The molecular weight excluding hydrogens is 432 g/mol. The molecule has 0 spiro atoms. The lowest BCUT2D eigenvalue weighted by Gasteiger charge is -2.12. The van der Waals surface area contributed by atoms with Gasteiger partial charge in [-0.25, -0.2) is 0 Å². The standard InChI is InChI=1S/C25H22N6O3/c1-2-34-25-26-21-9-5-6-18(14-22(32)33)23(21)31(25)15-16-10-12-17(13-11-16)19-7-3-4-8-20(19)24-27-29-30-28-24/h3-13H,2,14-15H2,1H3,(H,32,33)(H,27,28,29,30). The van der Waals surface area contributed by atoms with Gasteiger partial charge in [0, 0.05) is 5.56 Å². The second-order valence-corrected chi connectivity index (χ2v) is 7.75. The van der Waals surface area contributed by atoms with Gasteiger partial charge in [0.05, 0.1) is 30.6 Å². The van der Waals surface area contributed by atoms with Crippen LogP contribution in [0.5, 0.6) is 6.01 Å². The largest absolute Gasteiger partial charge is 0.481 e. The van der Waals surface area contributed by atoms with Gasteiger partial charge >= 0.3 is 5.97 Å². The number of aliphatic carboxylic acids is 1. The van der Waals surface area contributed by atoms with E-state index in [0.717, 1.165) is 27.8 Å². The van der Waals surface area contributed by atoms with Crippen LogP contribution in [-0.4, -0.2) is 47.9 Å².